The molecule has 2 heterocycles. The number of hydrogen-bond donors (Lipinski definition) is 1. The molecule has 1 aromatic carbocycles. The van der Waals surface area contributed by atoms with Gasteiger partial charge in [-0.1, -0.05) is 12.1 Å². The summed E-state index contributed by atoms with van der Waals surface area (Å²) in [5.41, 5.74) is 1.94. The SMILES string of the molecule is COCCn1c(C)cc(O)c(C(c2ccc(OC)cc2)N2CCN(C)CC2)c1=O. The molecule has 7 heteroatoms. The highest BCUT2D eigenvalue weighted by atomic mass is 16.5. The monoisotopic (exact) mass is 401 g/mol. The van der Waals surface area contributed by atoms with E-state index in [0.717, 1.165) is 43.2 Å². The van der Waals surface area contributed by atoms with Crippen LogP contribution in [0.2, 0.25) is 0 Å². The third-order valence-electron chi connectivity index (χ3n) is 5.65. The molecule has 3 rings (SSSR count). The molecule has 2 aromatic rings. The third-order valence-corrected chi connectivity index (χ3v) is 5.65. The number of rotatable bonds is 7. The molecule has 0 saturated carbocycles. The lowest BCUT2D eigenvalue weighted by atomic mass is 9.96. The van der Waals surface area contributed by atoms with E-state index in [1.165, 1.54) is 0 Å². The Balaban J connectivity index is 2.11. The van der Waals surface area contributed by atoms with E-state index in [1.54, 1.807) is 24.9 Å². The molecule has 1 fully saturated rings. The van der Waals surface area contributed by atoms with Crippen LogP contribution in [0.15, 0.2) is 35.1 Å². The largest absolute Gasteiger partial charge is 0.507 e. The van der Waals surface area contributed by atoms with Crippen molar-refractivity contribution in [2.24, 2.45) is 0 Å². The van der Waals surface area contributed by atoms with Crippen LogP contribution in [0.3, 0.4) is 0 Å². The summed E-state index contributed by atoms with van der Waals surface area (Å²) in [4.78, 5) is 18.0. The van der Waals surface area contributed by atoms with Crippen LogP contribution in [-0.2, 0) is 11.3 Å². The van der Waals surface area contributed by atoms with Gasteiger partial charge in [-0.15, -0.1) is 0 Å². The quantitative estimate of drug-likeness (QED) is 0.764. The number of likely N-dealkylation sites (N-methyl/N-ethyl adjacent to an activating group) is 1. The van der Waals surface area contributed by atoms with Crippen molar-refractivity contribution in [3.8, 4) is 11.5 Å². The molecule has 158 valence electrons. The fraction of sp³-hybridized carbons (Fsp3) is 0.500. The maximum Gasteiger partial charge on any atom is 0.259 e. The van der Waals surface area contributed by atoms with Crippen LogP contribution in [-0.4, -0.2) is 73.5 Å². The molecule has 29 heavy (non-hydrogen) atoms. The molecule has 0 bridgehead atoms. The highest BCUT2D eigenvalue weighted by Gasteiger charge is 2.30. The summed E-state index contributed by atoms with van der Waals surface area (Å²) in [6, 6.07) is 9.09. The van der Waals surface area contributed by atoms with Crippen molar-refractivity contribution >= 4 is 0 Å². The van der Waals surface area contributed by atoms with Crippen LogP contribution in [0, 0.1) is 6.92 Å². The molecule has 0 amide bonds. The average Bonchev–Trinajstić information content (AvgIpc) is 2.72. The van der Waals surface area contributed by atoms with Crippen LogP contribution < -0.4 is 10.3 Å². The Labute approximate surface area is 172 Å². The first kappa shape index (κ1) is 21.4. The van der Waals surface area contributed by atoms with Gasteiger partial charge in [0.25, 0.3) is 5.56 Å². The van der Waals surface area contributed by atoms with E-state index in [0.29, 0.717) is 18.7 Å². The van der Waals surface area contributed by atoms with Gasteiger partial charge in [-0.2, -0.15) is 0 Å². The Morgan fingerprint density at radius 2 is 1.76 bits per heavy atom. The molecule has 1 N–H and O–H groups in total. The predicted molar refractivity (Wildman–Crippen MR) is 113 cm³/mol. The maximum absolute atomic E-state index is 13.4. The van der Waals surface area contributed by atoms with Crippen molar-refractivity contribution in [1.29, 1.82) is 0 Å². The van der Waals surface area contributed by atoms with E-state index < -0.39 is 0 Å². The molecule has 1 unspecified atom stereocenters. The summed E-state index contributed by atoms with van der Waals surface area (Å²) in [5.74, 6) is 0.803. The van der Waals surface area contributed by atoms with Crippen molar-refractivity contribution in [3.05, 3.63) is 57.5 Å². The zero-order valence-corrected chi connectivity index (χ0v) is 17.7. The smallest absolute Gasteiger partial charge is 0.259 e. The maximum atomic E-state index is 13.4. The Bertz CT molecular complexity index is 871. The van der Waals surface area contributed by atoms with E-state index in [-0.39, 0.29) is 17.4 Å². The van der Waals surface area contributed by atoms with Gasteiger partial charge in [0, 0.05) is 45.5 Å². The summed E-state index contributed by atoms with van der Waals surface area (Å²) in [6.07, 6.45) is 0. The number of pyridine rings is 1. The van der Waals surface area contributed by atoms with Gasteiger partial charge < -0.3 is 24.0 Å². The molecule has 1 aromatic heterocycles. The van der Waals surface area contributed by atoms with Crippen LogP contribution in [0.25, 0.3) is 0 Å². The van der Waals surface area contributed by atoms with Gasteiger partial charge in [0.2, 0.25) is 0 Å². The van der Waals surface area contributed by atoms with Crippen molar-refractivity contribution in [1.82, 2.24) is 14.4 Å². The van der Waals surface area contributed by atoms with Crippen molar-refractivity contribution in [2.45, 2.75) is 19.5 Å². The van der Waals surface area contributed by atoms with Crippen molar-refractivity contribution < 1.29 is 14.6 Å². The van der Waals surface area contributed by atoms with Crippen LogP contribution in [0.5, 0.6) is 11.5 Å². The van der Waals surface area contributed by atoms with Crippen molar-refractivity contribution in [2.75, 3.05) is 54.1 Å². The molecule has 0 aliphatic carbocycles. The van der Waals surface area contributed by atoms with E-state index >= 15 is 0 Å². The number of methoxy groups -OCH3 is 2. The number of hydrogen-bond acceptors (Lipinski definition) is 6. The molecular formula is C22H31N3O4. The summed E-state index contributed by atoms with van der Waals surface area (Å²) in [5, 5.41) is 10.8. The number of aromatic hydroxyl groups is 1. The molecule has 1 aliphatic rings. The standard InChI is InChI=1S/C22H31N3O4/c1-16-15-19(26)20(22(27)25(16)13-14-28-3)21(24-11-9-23(2)10-12-24)17-5-7-18(29-4)8-6-17/h5-8,15,21,26H,9-14H2,1-4H3. The lowest BCUT2D eigenvalue weighted by molar-refractivity contribution is 0.125. The summed E-state index contributed by atoms with van der Waals surface area (Å²) >= 11 is 0. The Morgan fingerprint density at radius 1 is 1.10 bits per heavy atom. The zero-order valence-electron chi connectivity index (χ0n) is 17.7. The fourth-order valence-corrected chi connectivity index (χ4v) is 3.91. The minimum Gasteiger partial charge on any atom is -0.507 e. The van der Waals surface area contributed by atoms with Crippen molar-refractivity contribution in [3.63, 3.8) is 0 Å². The molecule has 0 spiro atoms. The second-order valence-corrected chi connectivity index (χ2v) is 7.55. The topological polar surface area (TPSA) is 67.2 Å². The lowest BCUT2D eigenvalue weighted by Gasteiger charge is -2.38. The second-order valence-electron chi connectivity index (χ2n) is 7.55. The lowest BCUT2D eigenvalue weighted by Crippen LogP contribution is -2.47. The van der Waals surface area contributed by atoms with Crippen LogP contribution >= 0.6 is 0 Å². The van der Waals surface area contributed by atoms with E-state index in [9.17, 15) is 9.90 Å². The molecule has 1 aliphatic heterocycles. The van der Waals surface area contributed by atoms with Crippen LogP contribution in [0.4, 0.5) is 0 Å². The number of piperazine rings is 1. The molecule has 7 nitrogen and oxygen atoms in total. The van der Waals surface area contributed by atoms with Gasteiger partial charge in [-0.05, 0) is 37.7 Å². The minimum absolute atomic E-state index is 0.0425. The molecule has 0 radical (unpaired) electrons. The number of ether oxygens (including phenoxy) is 2. The summed E-state index contributed by atoms with van der Waals surface area (Å²) < 4.78 is 12.1. The van der Waals surface area contributed by atoms with Gasteiger partial charge in [0.05, 0.1) is 25.3 Å². The van der Waals surface area contributed by atoms with E-state index in [4.69, 9.17) is 9.47 Å². The number of nitrogens with zero attached hydrogens (tertiary/aromatic N) is 3. The van der Waals surface area contributed by atoms with Crippen LogP contribution in [0.1, 0.15) is 22.9 Å². The van der Waals surface area contributed by atoms with Gasteiger partial charge >= 0.3 is 0 Å². The highest BCUT2D eigenvalue weighted by Crippen LogP contribution is 2.34. The first-order chi connectivity index (χ1) is 14.0. The predicted octanol–water partition coefficient (Wildman–Crippen LogP) is 1.85. The fourth-order valence-electron chi connectivity index (χ4n) is 3.91. The van der Waals surface area contributed by atoms with Gasteiger partial charge in [0.15, 0.2) is 0 Å². The number of aryl methyl sites for hydroxylation is 1. The Kier molecular flexibility index (Phi) is 6.95. The average molecular weight is 402 g/mol. The van der Waals surface area contributed by atoms with Gasteiger partial charge in [-0.3, -0.25) is 9.69 Å². The summed E-state index contributed by atoms with van der Waals surface area (Å²) in [6.45, 7) is 6.18. The first-order valence-electron chi connectivity index (χ1n) is 9.95. The van der Waals surface area contributed by atoms with Gasteiger partial charge in [-0.25, -0.2) is 0 Å². The number of aromatic nitrogens is 1. The van der Waals surface area contributed by atoms with E-state index in [2.05, 4.69) is 16.8 Å². The zero-order chi connectivity index (χ0) is 21.0. The highest BCUT2D eigenvalue weighted by molar-refractivity contribution is 5.42. The second kappa shape index (κ2) is 9.43. The molecule has 1 saturated heterocycles. The number of benzene rings is 1. The normalized spacial score (nSPS) is 16.7. The third kappa shape index (κ3) is 4.63. The Morgan fingerprint density at radius 3 is 2.34 bits per heavy atom. The van der Waals surface area contributed by atoms with E-state index in [1.807, 2.05) is 31.2 Å². The van der Waals surface area contributed by atoms with Gasteiger partial charge in [0.1, 0.15) is 11.5 Å². The minimum atomic E-state index is -0.323. The molecular weight excluding hydrogens is 370 g/mol. The first-order valence-corrected chi connectivity index (χ1v) is 9.95. The Hall–Kier alpha value is -2.35. The summed E-state index contributed by atoms with van der Waals surface area (Å²) in [7, 11) is 5.35. The molecule has 1 atom stereocenters.